The van der Waals surface area contributed by atoms with Gasteiger partial charge in [0, 0.05) is 30.6 Å². The van der Waals surface area contributed by atoms with Gasteiger partial charge in [-0.05, 0) is 6.07 Å². The number of hydrogen-bond acceptors (Lipinski definition) is 5. The van der Waals surface area contributed by atoms with Gasteiger partial charge in [0.1, 0.15) is 17.2 Å². The van der Waals surface area contributed by atoms with E-state index in [2.05, 4.69) is 0 Å². The highest BCUT2D eigenvalue weighted by Gasteiger charge is 2.15. The Labute approximate surface area is 119 Å². The zero-order valence-electron chi connectivity index (χ0n) is 11.5. The third kappa shape index (κ3) is 1.76. The van der Waals surface area contributed by atoms with Crippen molar-refractivity contribution in [3.8, 4) is 17.2 Å². The SMILES string of the molecule is COc1cc2c(cc1N)c(=O)c1c(O)cc(O)cc1n2C. The Morgan fingerprint density at radius 1 is 1.14 bits per heavy atom. The van der Waals surface area contributed by atoms with E-state index in [1.807, 2.05) is 0 Å². The number of pyridine rings is 1. The highest BCUT2D eigenvalue weighted by atomic mass is 16.5. The maximum absolute atomic E-state index is 12.6. The fourth-order valence-corrected chi connectivity index (χ4v) is 2.58. The summed E-state index contributed by atoms with van der Waals surface area (Å²) in [5, 5.41) is 20.1. The van der Waals surface area contributed by atoms with Gasteiger partial charge >= 0.3 is 0 Å². The van der Waals surface area contributed by atoms with Crippen molar-refractivity contribution in [3.63, 3.8) is 0 Å². The second kappa shape index (κ2) is 4.31. The smallest absolute Gasteiger partial charge is 0.201 e. The van der Waals surface area contributed by atoms with Gasteiger partial charge in [0.2, 0.25) is 5.43 Å². The van der Waals surface area contributed by atoms with Crippen LogP contribution in [0.2, 0.25) is 0 Å². The molecule has 6 nitrogen and oxygen atoms in total. The molecule has 0 fully saturated rings. The van der Waals surface area contributed by atoms with E-state index in [4.69, 9.17) is 10.5 Å². The largest absolute Gasteiger partial charge is 0.508 e. The van der Waals surface area contributed by atoms with Crippen LogP contribution in [0.15, 0.2) is 29.1 Å². The van der Waals surface area contributed by atoms with Crippen molar-refractivity contribution >= 4 is 27.5 Å². The lowest BCUT2D eigenvalue weighted by atomic mass is 10.1. The van der Waals surface area contributed by atoms with Crippen LogP contribution in [0.4, 0.5) is 5.69 Å². The molecule has 0 spiro atoms. The molecule has 3 aromatic rings. The van der Waals surface area contributed by atoms with E-state index in [9.17, 15) is 15.0 Å². The Hall–Kier alpha value is -2.89. The zero-order valence-corrected chi connectivity index (χ0v) is 11.5. The fourth-order valence-electron chi connectivity index (χ4n) is 2.58. The van der Waals surface area contributed by atoms with Crippen molar-refractivity contribution in [2.24, 2.45) is 7.05 Å². The zero-order chi connectivity index (χ0) is 15.3. The second-order valence-corrected chi connectivity index (χ2v) is 4.86. The molecule has 0 radical (unpaired) electrons. The number of nitrogen functional groups attached to an aromatic ring is 1. The average Bonchev–Trinajstić information content (AvgIpc) is 2.43. The molecule has 0 aliphatic heterocycles. The number of anilines is 1. The topological polar surface area (TPSA) is 97.7 Å². The van der Waals surface area contributed by atoms with Crippen molar-refractivity contribution in [2.45, 2.75) is 0 Å². The van der Waals surface area contributed by atoms with E-state index in [0.717, 1.165) is 6.07 Å². The molecule has 21 heavy (non-hydrogen) atoms. The van der Waals surface area contributed by atoms with Gasteiger partial charge in [-0.3, -0.25) is 4.79 Å². The number of fused-ring (bicyclic) bond motifs is 2. The lowest BCUT2D eigenvalue weighted by Gasteiger charge is -2.14. The minimum absolute atomic E-state index is 0.114. The second-order valence-electron chi connectivity index (χ2n) is 4.86. The Morgan fingerprint density at radius 3 is 2.52 bits per heavy atom. The van der Waals surface area contributed by atoms with Crippen molar-refractivity contribution in [1.82, 2.24) is 4.57 Å². The van der Waals surface area contributed by atoms with E-state index in [-0.39, 0.29) is 22.3 Å². The van der Waals surface area contributed by atoms with Crippen molar-refractivity contribution in [3.05, 3.63) is 34.5 Å². The third-order valence-electron chi connectivity index (χ3n) is 3.62. The van der Waals surface area contributed by atoms with E-state index in [0.29, 0.717) is 27.9 Å². The number of nitrogens with zero attached hydrogens (tertiary/aromatic N) is 1. The van der Waals surface area contributed by atoms with Crippen LogP contribution in [0, 0.1) is 0 Å². The summed E-state index contributed by atoms with van der Waals surface area (Å²) in [4.78, 5) is 12.6. The minimum Gasteiger partial charge on any atom is -0.508 e. The summed E-state index contributed by atoms with van der Waals surface area (Å²) in [6.45, 7) is 0. The molecule has 108 valence electrons. The quantitative estimate of drug-likeness (QED) is 0.467. The predicted molar refractivity (Wildman–Crippen MR) is 81.0 cm³/mol. The summed E-state index contributed by atoms with van der Waals surface area (Å²) in [6.07, 6.45) is 0. The molecule has 0 amide bonds. The summed E-state index contributed by atoms with van der Waals surface area (Å²) in [5.41, 5.74) is 6.88. The van der Waals surface area contributed by atoms with Gasteiger partial charge < -0.3 is 25.3 Å². The number of nitrogens with two attached hydrogens (primary N) is 1. The number of aromatic nitrogens is 1. The van der Waals surface area contributed by atoms with E-state index >= 15 is 0 Å². The van der Waals surface area contributed by atoms with Gasteiger partial charge in [-0.25, -0.2) is 0 Å². The van der Waals surface area contributed by atoms with Gasteiger partial charge in [-0.15, -0.1) is 0 Å². The van der Waals surface area contributed by atoms with Crippen molar-refractivity contribution in [2.75, 3.05) is 12.8 Å². The van der Waals surface area contributed by atoms with E-state index in [1.54, 1.807) is 17.7 Å². The lowest BCUT2D eigenvalue weighted by Crippen LogP contribution is -2.10. The van der Waals surface area contributed by atoms with Gasteiger partial charge in [-0.1, -0.05) is 0 Å². The summed E-state index contributed by atoms with van der Waals surface area (Å²) in [7, 11) is 3.23. The predicted octanol–water partition coefficient (Wildman–Crippen LogP) is 1.69. The minimum atomic E-state index is -0.343. The highest BCUT2D eigenvalue weighted by molar-refractivity contribution is 5.98. The average molecular weight is 286 g/mol. The number of rotatable bonds is 1. The molecule has 0 unspecified atom stereocenters. The Morgan fingerprint density at radius 2 is 1.86 bits per heavy atom. The summed E-state index contributed by atoms with van der Waals surface area (Å²) in [6, 6.07) is 5.76. The first-order chi connectivity index (χ1) is 9.93. The maximum Gasteiger partial charge on any atom is 0.201 e. The first kappa shape index (κ1) is 13.1. The van der Waals surface area contributed by atoms with Crippen LogP contribution in [0.1, 0.15) is 0 Å². The molecular weight excluding hydrogens is 272 g/mol. The third-order valence-corrected chi connectivity index (χ3v) is 3.62. The van der Waals surface area contributed by atoms with Gasteiger partial charge in [0.05, 0.1) is 29.2 Å². The molecule has 0 saturated heterocycles. The number of methoxy groups -OCH3 is 1. The fraction of sp³-hybridized carbons (Fsp3) is 0.133. The van der Waals surface area contributed by atoms with Gasteiger partial charge in [0.25, 0.3) is 0 Å². The Balaban J connectivity index is 2.63. The summed E-state index contributed by atoms with van der Waals surface area (Å²) >= 11 is 0. The number of aromatic hydroxyl groups is 2. The van der Waals surface area contributed by atoms with Crippen LogP contribution < -0.4 is 15.9 Å². The Kier molecular flexibility index (Phi) is 2.69. The van der Waals surface area contributed by atoms with Gasteiger partial charge in [-0.2, -0.15) is 0 Å². The molecule has 1 heterocycles. The van der Waals surface area contributed by atoms with Crippen LogP contribution in [0.25, 0.3) is 21.8 Å². The normalized spacial score (nSPS) is 11.1. The maximum atomic E-state index is 12.6. The summed E-state index contributed by atoms with van der Waals surface area (Å²) in [5.74, 6) is 0.0832. The first-order valence-electron chi connectivity index (χ1n) is 6.26. The molecular formula is C15H14N2O4. The number of aryl methyl sites for hydroxylation is 1. The molecule has 2 aromatic carbocycles. The molecule has 0 bridgehead atoms. The molecule has 0 aliphatic carbocycles. The molecule has 0 saturated carbocycles. The number of phenols is 2. The molecule has 3 rings (SSSR count). The molecule has 4 N–H and O–H groups in total. The van der Waals surface area contributed by atoms with Crippen molar-refractivity contribution in [1.29, 1.82) is 0 Å². The van der Waals surface area contributed by atoms with Gasteiger partial charge in [0.15, 0.2) is 0 Å². The molecule has 0 aliphatic rings. The first-order valence-corrected chi connectivity index (χ1v) is 6.26. The number of phenolic OH excluding ortho intramolecular Hbond substituents is 2. The van der Waals surface area contributed by atoms with Crippen LogP contribution in [-0.2, 0) is 7.05 Å². The number of benzene rings is 2. The summed E-state index contributed by atoms with van der Waals surface area (Å²) < 4.78 is 6.87. The lowest BCUT2D eigenvalue weighted by molar-refractivity contribution is 0.417. The van der Waals surface area contributed by atoms with Crippen LogP contribution in [0.3, 0.4) is 0 Å². The number of ether oxygens (including phenoxy) is 1. The molecule has 6 heteroatoms. The van der Waals surface area contributed by atoms with Crippen LogP contribution in [0.5, 0.6) is 17.2 Å². The van der Waals surface area contributed by atoms with E-state index in [1.165, 1.54) is 19.2 Å². The van der Waals surface area contributed by atoms with Crippen molar-refractivity contribution < 1.29 is 14.9 Å². The highest BCUT2D eigenvalue weighted by Crippen LogP contribution is 2.32. The molecule has 0 atom stereocenters. The Bertz CT molecular complexity index is 944. The van der Waals surface area contributed by atoms with E-state index < -0.39 is 0 Å². The standard InChI is InChI=1S/C15H14N2O4/c1-17-10-6-13(21-2)9(16)5-8(10)15(20)14-11(17)3-7(18)4-12(14)19/h3-6,18-19H,16H2,1-2H3. The monoisotopic (exact) mass is 286 g/mol. The van der Waals surface area contributed by atoms with Crippen LogP contribution in [-0.4, -0.2) is 21.9 Å². The number of hydrogen-bond donors (Lipinski definition) is 3. The molecule has 1 aromatic heterocycles. The van der Waals surface area contributed by atoms with Crippen LogP contribution >= 0.6 is 0 Å².